The Hall–Kier alpha value is -4.37. The average Bonchev–Trinajstić information content (AvgIpc) is 3.10. The molecule has 0 bridgehead atoms. The minimum absolute atomic E-state index is 0.116. The zero-order valence-corrected chi connectivity index (χ0v) is 20.6. The summed E-state index contributed by atoms with van der Waals surface area (Å²) in [5.41, 5.74) is 9.66. The highest BCUT2D eigenvalue weighted by molar-refractivity contribution is 5.92. The first-order valence-electron chi connectivity index (χ1n) is 12.2. The van der Waals surface area contributed by atoms with Gasteiger partial charge in [-0.25, -0.2) is 4.79 Å². The third kappa shape index (κ3) is 3.47. The number of carboxylic acid groups (broad SMARTS) is 1. The Balaban J connectivity index is 1.54. The van der Waals surface area contributed by atoms with Crippen LogP contribution in [0.25, 0.3) is 21.9 Å². The number of anilines is 3. The van der Waals surface area contributed by atoms with Crippen molar-refractivity contribution < 1.29 is 9.90 Å². The van der Waals surface area contributed by atoms with Crippen LogP contribution in [0, 0.1) is 6.92 Å². The van der Waals surface area contributed by atoms with E-state index in [1.807, 2.05) is 18.2 Å². The molecule has 6 rings (SSSR count). The second kappa shape index (κ2) is 8.10. The molecule has 5 aromatic carbocycles. The molecule has 3 nitrogen and oxygen atoms in total. The minimum Gasteiger partial charge on any atom is -0.478 e. The monoisotopic (exact) mass is 469 g/mol. The first-order valence-corrected chi connectivity index (χ1v) is 12.2. The van der Waals surface area contributed by atoms with Gasteiger partial charge in [-0.3, -0.25) is 0 Å². The van der Waals surface area contributed by atoms with Gasteiger partial charge in [0.05, 0.1) is 5.56 Å². The van der Waals surface area contributed by atoms with Crippen LogP contribution in [0.1, 0.15) is 40.9 Å². The van der Waals surface area contributed by atoms with E-state index in [4.69, 9.17) is 0 Å². The molecule has 0 aromatic heterocycles. The van der Waals surface area contributed by atoms with E-state index < -0.39 is 5.97 Å². The van der Waals surface area contributed by atoms with Crippen molar-refractivity contribution in [3.05, 3.63) is 125 Å². The molecule has 5 aromatic rings. The van der Waals surface area contributed by atoms with Crippen LogP contribution >= 0.6 is 0 Å². The molecule has 36 heavy (non-hydrogen) atoms. The molecular weight excluding hydrogens is 442 g/mol. The summed E-state index contributed by atoms with van der Waals surface area (Å²) in [6.07, 6.45) is 0. The highest BCUT2D eigenvalue weighted by atomic mass is 16.4. The van der Waals surface area contributed by atoms with Crippen LogP contribution in [0.2, 0.25) is 0 Å². The Kier molecular flexibility index (Phi) is 4.97. The third-order valence-electron chi connectivity index (χ3n) is 7.44. The van der Waals surface area contributed by atoms with E-state index in [2.05, 4.69) is 98.5 Å². The largest absolute Gasteiger partial charge is 0.478 e. The SMILES string of the molecule is Cc1ccc2c(c1)C(C)(C)c1cc(N(c3ccc(C(=O)O)cc3)c3ccc4ccccc4c3)ccc1-2. The summed E-state index contributed by atoms with van der Waals surface area (Å²) in [5, 5.41) is 11.8. The molecule has 0 atom stereocenters. The summed E-state index contributed by atoms with van der Waals surface area (Å²) < 4.78 is 0. The van der Waals surface area contributed by atoms with Gasteiger partial charge in [-0.15, -0.1) is 0 Å². The lowest BCUT2D eigenvalue weighted by Crippen LogP contribution is -2.16. The first kappa shape index (κ1) is 22.1. The summed E-state index contributed by atoms with van der Waals surface area (Å²) in [5.74, 6) is -0.925. The number of hydrogen-bond acceptors (Lipinski definition) is 2. The summed E-state index contributed by atoms with van der Waals surface area (Å²) >= 11 is 0. The molecule has 0 saturated heterocycles. The molecule has 0 aliphatic heterocycles. The molecule has 0 unspecified atom stereocenters. The number of aromatic carboxylic acids is 1. The van der Waals surface area contributed by atoms with Crippen molar-refractivity contribution in [2.24, 2.45) is 0 Å². The molecule has 1 aliphatic rings. The topological polar surface area (TPSA) is 40.5 Å². The van der Waals surface area contributed by atoms with Gasteiger partial charge in [0.1, 0.15) is 0 Å². The second-order valence-corrected chi connectivity index (χ2v) is 10.1. The fourth-order valence-corrected chi connectivity index (χ4v) is 5.49. The van der Waals surface area contributed by atoms with Crippen molar-refractivity contribution in [3.8, 4) is 11.1 Å². The number of carbonyl (C=O) groups is 1. The average molecular weight is 470 g/mol. The van der Waals surface area contributed by atoms with Gasteiger partial charge in [-0.05, 0) is 88.5 Å². The highest BCUT2D eigenvalue weighted by Gasteiger charge is 2.36. The zero-order valence-electron chi connectivity index (χ0n) is 20.6. The Bertz CT molecular complexity index is 1650. The van der Waals surface area contributed by atoms with Gasteiger partial charge < -0.3 is 10.0 Å². The van der Waals surface area contributed by atoms with Crippen LogP contribution in [0.4, 0.5) is 17.1 Å². The maximum absolute atomic E-state index is 11.5. The summed E-state index contributed by atoms with van der Waals surface area (Å²) in [6.45, 7) is 6.73. The van der Waals surface area contributed by atoms with E-state index in [9.17, 15) is 9.90 Å². The van der Waals surface area contributed by atoms with Crippen molar-refractivity contribution in [3.63, 3.8) is 0 Å². The first-order chi connectivity index (χ1) is 17.3. The second-order valence-electron chi connectivity index (χ2n) is 10.1. The molecule has 0 spiro atoms. The number of benzene rings is 5. The van der Waals surface area contributed by atoms with Crippen molar-refractivity contribution in [1.29, 1.82) is 0 Å². The summed E-state index contributed by atoms with van der Waals surface area (Å²) in [4.78, 5) is 13.7. The highest BCUT2D eigenvalue weighted by Crippen LogP contribution is 2.51. The van der Waals surface area contributed by atoms with E-state index in [0.29, 0.717) is 0 Å². The number of hydrogen-bond donors (Lipinski definition) is 1. The predicted octanol–water partition coefficient (Wildman–Crippen LogP) is 8.62. The molecule has 3 heteroatoms. The molecule has 0 heterocycles. The predicted molar refractivity (Wildman–Crippen MR) is 148 cm³/mol. The smallest absolute Gasteiger partial charge is 0.335 e. The van der Waals surface area contributed by atoms with Gasteiger partial charge in [0.15, 0.2) is 0 Å². The van der Waals surface area contributed by atoms with Crippen LogP contribution < -0.4 is 4.90 Å². The maximum Gasteiger partial charge on any atom is 0.335 e. The van der Waals surface area contributed by atoms with Crippen LogP contribution in [0.15, 0.2) is 103 Å². The van der Waals surface area contributed by atoms with Crippen LogP contribution in [-0.4, -0.2) is 11.1 Å². The normalized spacial score (nSPS) is 13.3. The lowest BCUT2D eigenvalue weighted by atomic mass is 9.82. The van der Waals surface area contributed by atoms with Crippen molar-refractivity contribution in [2.45, 2.75) is 26.2 Å². The summed E-state index contributed by atoms with van der Waals surface area (Å²) in [7, 11) is 0. The van der Waals surface area contributed by atoms with Gasteiger partial charge in [-0.1, -0.05) is 74.0 Å². The van der Waals surface area contributed by atoms with Gasteiger partial charge >= 0.3 is 5.97 Å². The number of nitrogens with zero attached hydrogens (tertiary/aromatic N) is 1. The van der Waals surface area contributed by atoms with Crippen LogP contribution in [0.3, 0.4) is 0 Å². The van der Waals surface area contributed by atoms with Gasteiger partial charge in [-0.2, -0.15) is 0 Å². The minimum atomic E-state index is -0.925. The molecule has 176 valence electrons. The van der Waals surface area contributed by atoms with Gasteiger partial charge in [0.2, 0.25) is 0 Å². The van der Waals surface area contributed by atoms with E-state index in [1.165, 1.54) is 33.2 Å². The zero-order chi connectivity index (χ0) is 25.0. The van der Waals surface area contributed by atoms with Crippen molar-refractivity contribution >= 4 is 33.8 Å². The van der Waals surface area contributed by atoms with Crippen molar-refractivity contribution in [2.75, 3.05) is 4.90 Å². The van der Waals surface area contributed by atoms with Crippen LogP contribution in [-0.2, 0) is 5.41 Å². The van der Waals surface area contributed by atoms with Gasteiger partial charge in [0.25, 0.3) is 0 Å². The molecule has 0 amide bonds. The molecule has 0 radical (unpaired) electrons. The Morgan fingerprint density at radius 1 is 0.667 bits per heavy atom. The lowest BCUT2D eigenvalue weighted by Gasteiger charge is -2.28. The lowest BCUT2D eigenvalue weighted by molar-refractivity contribution is 0.0697. The van der Waals surface area contributed by atoms with E-state index >= 15 is 0 Å². The standard InChI is InChI=1S/C33H27NO2/c1-21-8-16-28-29-17-15-27(20-31(29)33(2,3)30(28)18-21)34(25-12-10-23(11-13-25)32(35)36)26-14-9-22-6-4-5-7-24(22)19-26/h4-20H,1-3H3,(H,35,36). The fraction of sp³-hybridized carbons (Fsp3) is 0.121. The molecule has 0 fully saturated rings. The quantitative estimate of drug-likeness (QED) is 0.286. The fourth-order valence-electron chi connectivity index (χ4n) is 5.49. The molecule has 0 saturated carbocycles. The number of fused-ring (bicyclic) bond motifs is 4. The molecule has 1 aliphatic carbocycles. The summed E-state index contributed by atoms with van der Waals surface area (Å²) in [6, 6.07) is 35.3. The Morgan fingerprint density at radius 2 is 1.25 bits per heavy atom. The Labute approximate surface area is 211 Å². The number of carboxylic acids is 1. The molecule has 1 N–H and O–H groups in total. The van der Waals surface area contributed by atoms with Gasteiger partial charge in [0, 0.05) is 22.5 Å². The third-order valence-corrected chi connectivity index (χ3v) is 7.44. The molecular formula is C33H27NO2. The van der Waals surface area contributed by atoms with E-state index in [0.717, 1.165) is 22.4 Å². The van der Waals surface area contributed by atoms with E-state index in [1.54, 1.807) is 12.1 Å². The maximum atomic E-state index is 11.5. The van der Waals surface area contributed by atoms with Crippen molar-refractivity contribution in [1.82, 2.24) is 0 Å². The number of rotatable bonds is 4. The Morgan fingerprint density at radius 3 is 1.97 bits per heavy atom. The van der Waals surface area contributed by atoms with Crippen LogP contribution in [0.5, 0.6) is 0 Å². The van der Waals surface area contributed by atoms with E-state index in [-0.39, 0.29) is 11.0 Å². The number of aryl methyl sites for hydroxylation is 1.